The normalized spacial score (nSPS) is 29.6. The summed E-state index contributed by atoms with van der Waals surface area (Å²) in [6, 6.07) is -0.590. The minimum atomic E-state index is -3.33. The highest BCUT2D eigenvalue weighted by atomic mass is 32.2. The number of likely N-dealkylation sites (tertiary alicyclic amines) is 1. The number of nitrogens with zero attached hydrogens (tertiary/aromatic N) is 3. The number of nitrogens with one attached hydrogen (secondary N) is 1. The zero-order chi connectivity index (χ0) is 15.7. The molecule has 1 saturated carbocycles. The summed E-state index contributed by atoms with van der Waals surface area (Å²) in [4.78, 5) is 2.18. The molecule has 2 N–H and O–H groups in total. The second-order valence-electron chi connectivity index (χ2n) is 6.38. The van der Waals surface area contributed by atoms with Crippen molar-refractivity contribution in [1.29, 1.82) is 0 Å². The van der Waals surface area contributed by atoms with E-state index in [-0.39, 0.29) is 17.8 Å². The lowest BCUT2D eigenvalue weighted by molar-refractivity contribution is 0.000512. The van der Waals surface area contributed by atoms with Crippen LogP contribution in [0.3, 0.4) is 0 Å². The molecule has 1 saturated heterocycles. The monoisotopic (exact) mass is 328 g/mol. The van der Waals surface area contributed by atoms with Gasteiger partial charge in [0.1, 0.15) is 0 Å². The van der Waals surface area contributed by atoms with Crippen molar-refractivity contribution in [2.75, 3.05) is 25.4 Å². The van der Waals surface area contributed by atoms with Crippen LogP contribution >= 0.6 is 0 Å². The van der Waals surface area contributed by atoms with Crippen molar-refractivity contribution < 1.29 is 13.5 Å². The smallest absolute Gasteiger partial charge is 0.213 e. The number of aliphatic hydroxyl groups is 1. The molecule has 2 heterocycles. The number of sulfonamides is 1. The van der Waals surface area contributed by atoms with E-state index in [1.807, 2.05) is 13.1 Å². The zero-order valence-electron chi connectivity index (χ0n) is 12.9. The molecule has 0 aromatic carbocycles. The van der Waals surface area contributed by atoms with Gasteiger partial charge in [-0.25, -0.2) is 13.1 Å². The summed E-state index contributed by atoms with van der Waals surface area (Å²) in [5.41, 5.74) is 0.995. The number of hydrogen-bond acceptors (Lipinski definition) is 5. The lowest BCUT2D eigenvalue weighted by Crippen LogP contribution is -2.56. The molecule has 1 aliphatic carbocycles. The molecule has 2 fully saturated rings. The average Bonchev–Trinajstić information content (AvgIpc) is 3.07. The van der Waals surface area contributed by atoms with Crippen LogP contribution in [-0.2, 0) is 10.0 Å². The highest BCUT2D eigenvalue weighted by molar-refractivity contribution is 7.89. The van der Waals surface area contributed by atoms with E-state index < -0.39 is 16.1 Å². The minimum Gasteiger partial charge on any atom is -0.391 e. The summed E-state index contributed by atoms with van der Waals surface area (Å²) >= 11 is 0. The molecule has 1 aliphatic heterocycles. The van der Waals surface area contributed by atoms with Gasteiger partial charge in [-0.05, 0) is 44.8 Å². The summed E-state index contributed by atoms with van der Waals surface area (Å²) in [5.74, 6) is 0.116. The summed E-state index contributed by atoms with van der Waals surface area (Å²) in [7, 11) is -3.33. The lowest BCUT2D eigenvalue weighted by Gasteiger charge is -2.41. The van der Waals surface area contributed by atoms with Crippen molar-refractivity contribution in [3.8, 4) is 0 Å². The van der Waals surface area contributed by atoms with Crippen LogP contribution in [0.4, 0.5) is 0 Å². The molecule has 7 nitrogen and oxygen atoms in total. The Balaban J connectivity index is 1.57. The Labute approximate surface area is 131 Å². The van der Waals surface area contributed by atoms with Gasteiger partial charge in [-0.1, -0.05) is 0 Å². The van der Waals surface area contributed by atoms with Crippen molar-refractivity contribution >= 4 is 10.0 Å². The maximum atomic E-state index is 12.2. The van der Waals surface area contributed by atoms with E-state index in [4.69, 9.17) is 0 Å². The molecule has 3 rings (SSSR count). The van der Waals surface area contributed by atoms with E-state index >= 15 is 0 Å². The molecule has 0 bridgehead atoms. The molecule has 0 radical (unpaired) electrons. The van der Waals surface area contributed by atoms with E-state index in [0.717, 1.165) is 31.5 Å². The van der Waals surface area contributed by atoms with E-state index in [1.165, 1.54) is 0 Å². The molecule has 1 aromatic rings. The molecule has 1 aromatic heterocycles. The third kappa shape index (κ3) is 3.51. The predicted octanol–water partition coefficient (Wildman–Crippen LogP) is -0.119. The van der Waals surface area contributed by atoms with Crippen molar-refractivity contribution in [2.45, 2.75) is 44.4 Å². The first-order valence-electron chi connectivity index (χ1n) is 7.86. The van der Waals surface area contributed by atoms with Gasteiger partial charge in [0, 0.05) is 18.8 Å². The second-order valence-corrected chi connectivity index (χ2v) is 8.26. The van der Waals surface area contributed by atoms with Crippen LogP contribution in [0.5, 0.6) is 0 Å². The van der Waals surface area contributed by atoms with Gasteiger partial charge in [0.2, 0.25) is 10.0 Å². The molecule has 3 atom stereocenters. The van der Waals surface area contributed by atoms with Gasteiger partial charge in [0.15, 0.2) is 0 Å². The lowest BCUT2D eigenvalue weighted by atomic mass is 9.84. The van der Waals surface area contributed by atoms with Gasteiger partial charge < -0.3 is 10.0 Å². The first kappa shape index (κ1) is 15.9. The number of hydrogen-bond donors (Lipinski definition) is 2. The van der Waals surface area contributed by atoms with Crippen molar-refractivity contribution in [3.63, 3.8) is 0 Å². The fourth-order valence-electron chi connectivity index (χ4n) is 3.23. The van der Waals surface area contributed by atoms with E-state index in [2.05, 4.69) is 14.7 Å². The van der Waals surface area contributed by atoms with Crippen LogP contribution in [0, 0.1) is 6.92 Å². The Morgan fingerprint density at radius 3 is 2.73 bits per heavy atom. The second kappa shape index (κ2) is 6.27. The zero-order valence-corrected chi connectivity index (χ0v) is 13.7. The maximum Gasteiger partial charge on any atom is 0.213 e. The van der Waals surface area contributed by atoms with Crippen LogP contribution in [0.1, 0.15) is 30.9 Å². The molecule has 2 aliphatic rings. The number of aryl methyl sites for hydroxylation is 1. The molecule has 22 heavy (non-hydrogen) atoms. The molecule has 0 unspecified atom stereocenters. The number of aromatic nitrogens is 2. The van der Waals surface area contributed by atoms with Crippen molar-refractivity contribution in [1.82, 2.24) is 19.4 Å². The summed E-state index contributed by atoms with van der Waals surface area (Å²) in [6.45, 7) is 4.49. The maximum absolute atomic E-state index is 12.2. The Morgan fingerprint density at radius 1 is 1.41 bits per heavy atom. The van der Waals surface area contributed by atoms with Gasteiger partial charge >= 0.3 is 0 Å². The SMILES string of the molecule is Cc1cnn([C@H]2[C@H](O)C[C@@H]2NS(=O)(=O)CCN2CCCC2)c1. The molecular formula is C14H24N4O3S. The first-order valence-corrected chi connectivity index (χ1v) is 9.51. The quantitative estimate of drug-likeness (QED) is 0.760. The van der Waals surface area contributed by atoms with E-state index in [9.17, 15) is 13.5 Å². The topological polar surface area (TPSA) is 87.5 Å². The Morgan fingerprint density at radius 2 is 2.14 bits per heavy atom. The summed E-state index contributed by atoms with van der Waals surface area (Å²) in [6.07, 6.45) is 5.74. The van der Waals surface area contributed by atoms with Gasteiger partial charge in [-0.3, -0.25) is 4.68 Å². The Hall–Kier alpha value is -0.960. The largest absolute Gasteiger partial charge is 0.391 e. The van der Waals surface area contributed by atoms with E-state index in [1.54, 1.807) is 10.9 Å². The molecule has 124 valence electrons. The van der Waals surface area contributed by atoms with Gasteiger partial charge in [-0.15, -0.1) is 0 Å². The van der Waals surface area contributed by atoms with Crippen LogP contribution in [0.15, 0.2) is 12.4 Å². The van der Waals surface area contributed by atoms with Crippen LogP contribution in [0.2, 0.25) is 0 Å². The van der Waals surface area contributed by atoms with Crippen molar-refractivity contribution in [3.05, 3.63) is 18.0 Å². The standard InChI is InChI=1S/C14H24N4O3S/c1-11-9-15-18(10-11)14-12(8-13(14)19)16-22(20,21)7-6-17-4-2-3-5-17/h9-10,12-14,16,19H,2-8H2,1H3/t12-,13+,14+/m0/s1. The fraction of sp³-hybridized carbons (Fsp3) is 0.786. The predicted molar refractivity (Wildman–Crippen MR) is 83.0 cm³/mol. The molecule has 0 spiro atoms. The molecular weight excluding hydrogens is 304 g/mol. The summed E-state index contributed by atoms with van der Waals surface area (Å²) in [5, 5.41) is 14.1. The highest BCUT2D eigenvalue weighted by Gasteiger charge is 2.43. The average molecular weight is 328 g/mol. The minimum absolute atomic E-state index is 0.116. The first-order chi connectivity index (χ1) is 10.4. The third-order valence-corrected chi connectivity index (χ3v) is 5.93. The van der Waals surface area contributed by atoms with Crippen LogP contribution in [-0.4, -0.2) is 65.7 Å². The number of aliphatic hydroxyl groups excluding tert-OH is 1. The third-order valence-electron chi connectivity index (χ3n) is 4.54. The fourth-order valence-corrected chi connectivity index (χ4v) is 4.54. The Bertz CT molecular complexity index is 609. The van der Waals surface area contributed by atoms with Crippen molar-refractivity contribution in [2.24, 2.45) is 0 Å². The molecule has 0 amide bonds. The van der Waals surface area contributed by atoms with Gasteiger partial charge in [0.05, 0.1) is 24.1 Å². The van der Waals surface area contributed by atoms with Gasteiger partial charge in [0.25, 0.3) is 0 Å². The van der Waals surface area contributed by atoms with Crippen LogP contribution in [0.25, 0.3) is 0 Å². The highest BCUT2D eigenvalue weighted by Crippen LogP contribution is 2.33. The Kier molecular flexibility index (Phi) is 4.54. The van der Waals surface area contributed by atoms with E-state index in [0.29, 0.717) is 13.0 Å². The number of rotatable bonds is 6. The summed E-state index contributed by atoms with van der Waals surface area (Å²) < 4.78 is 28.9. The van der Waals surface area contributed by atoms with Crippen LogP contribution < -0.4 is 4.72 Å². The van der Waals surface area contributed by atoms with Gasteiger partial charge in [-0.2, -0.15) is 5.10 Å². The molecule has 8 heteroatoms.